The summed E-state index contributed by atoms with van der Waals surface area (Å²) in [5, 5.41) is 30.0. The van der Waals surface area contributed by atoms with E-state index in [1.54, 1.807) is 5.57 Å². The Balaban J connectivity index is 1.26. The first-order valence-electron chi connectivity index (χ1n) is 16.4. The fourth-order valence-electron chi connectivity index (χ4n) is 10.5. The SMILES string of the molecule is C[C@H](CCCC(C)(C)O)C1CCC2C3CC=C4C(CC[C@H](O[C@H]5C[C@@H](O)C[C@@H](CO)O5)[C@@H]4C)[C@]3(C)CC[C@@]21C. The minimum Gasteiger partial charge on any atom is -0.394 e. The smallest absolute Gasteiger partial charge is 0.160 e. The van der Waals surface area contributed by atoms with Crippen molar-refractivity contribution in [2.24, 2.45) is 46.3 Å². The quantitative estimate of drug-likeness (QED) is 0.298. The first-order valence-corrected chi connectivity index (χ1v) is 16.4. The number of hydrogen-bond acceptors (Lipinski definition) is 5. The molecule has 5 heteroatoms. The Labute approximate surface area is 238 Å². The summed E-state index contributed by atoms with van der Waals surface area (Å²) in [6.07, 6.45) is 14.7. The topological polar surface area (TPSA) is 79.2 Å². The molecule has 39 heavy (non-hydrogen) atoms. The van der Waals surface area contributed by atoms with E-state index in [-0.39, 0.29) is 18.8 Å². The molecule has 0 aromatic carbocycles. The fraction of sp³-hybridized carbons (Fsp3) is 0.941. The van der Waals surface area contributed by atoms with Gasteiger partial charge in [-0.3, -0.25) is 0 Å². The van der Waals surface area contributed by atoms with Gasteiger partial charge in [-0.15, -0.1) is 0 Å². The highest BCUT2D eigenvalue weighted by molar-refractivity contribution is 5.25. The molecule has 4 fully saturated rings. The summed E-state index contributed by atoms with van der Waals surface area (Å²) in [5.74, 6) is 4.19. The average molecular weight is 547 g/mol. The minimum absolute atomic E-state index is 0.0648. The van der Waals surface area contributed by atoms with E-state index in [2.05, 4.69) is 33.8 Å². The van der Waals surface area contributed by atoms with Crippen molar-refractivity contribution in [3.63, 3.8) is 0 Å². The zero-order valence-corrected chi connectivity index (χ0v) is 25.7. The number of ether oxygens (including phenoxy) is 2. The van der Waals surface area contributed by atoms with Crippen LogP contribution in [-0.2, 0) is 9.47 Å². The summed E-state index contributed by atoms with van der Waals surface area (Å²) in [6.45, 7) is 13.9. The number of hydrogen-bond donors (Lipinski definition) is 3. The second kappa shape index (κ2) is 11.3. The molecule has 3 saturated carbocycles. The van der Waals surface area contributed by atoms with Gasteiger partial charge in [-0.25, -0.2) is 0 Å². The average Bonchev–Trinajstić information content (AvgIpc) is 3.21. The molecule has 0 aromatic heterocycles. The van der Waals surface area contributed by atoms with Crippen LogP contribution in [0.4, 0.5) is 0 Å². The molecular formula is C34H58O5. The van der Waals surface area contributed by atoms with E-state index in [0.29, 0.717) is 35.5 Å². The van der Waals surface area contributed by atoms with E-state index >= 15 is 0 Å². The van der Waals surface area contributed by atoms with Crippen molar-refractivity contribution < 1.29 is 24.8 Å². The van der Waals surface area contributed by atoms with Crippen molar-refractivity contribution >= 4 is 0 Å². The van der Waals surface area contributed by atoms with Gasteiger partial charge >= 0.3 is 0 Å². The van der Waals surface area contributed by atoms with E-state index in [0.717, 1.165) is 42.9 Å². The zero-order valence-electron chi connectivity index (χ0n) is 25.7. The van der Waals surface area contributed by atoms with Gasteiger partial charge in [0, 0.05) is 18.8 Å². The third kappa shape index (κ3) is 5.78. The van der Waals surface area contributed by atoms with Crippen molar-refractivity contribution in [3.05, 3.63) is 11.6 Å². The van der Waals surface area contributed by atoms with Gasteiger partial charge in [-0.05, 0) is 106 Å². The molecule has 5 nitrogen and oxygen atoms in total. The molecule has 0 spiro atoms. The van der Waals surface area contributed by atoms with Crippen molar-refractivity contribution in [2.75, 3.05) is 6.61 Å². The maximum absolute atomic E-state index is 10.3. The van der Waals surface area contributed by atoms with E-state index in [4.69, 9.17) is 9.47 Å². The minimum atomic E-state index is -0.547. The predicted molar refractivity (Wildman–Crippen MR) is 155 cm³/mol. The zero-order chi connectivity index (χ0) is 28.2. The maximum Gasteiger partial charge on any atom is 0.160 e. The molecule has 3 N–H and O–H groups in total. The molecule has 1 saturated heterocycles. The summed E-state index contributed by atoms with van der Waals surface area (Å²) in [7, 11) is 0. The first-order chi connectivity index (χ1) is 18.4. The van der Waals surface area contributed by atoms with Gasteiger partial charge in [0.05, 0.1) is 30.5 Å². The third-order valence-corrected chi connectivity index (χ3v) is 12.7. The number of rotatable bonds is 8. The van der Waals surface area contributed by atoms with Crippen LogP contribution in [0.1, 0.15) is 119 Å². The first kappa shape index (κ1) is 30.0. The van der Waals surface area contributed by atoms with Crippen molar-refractivity contribution in [1.29, 1.82) is 0 Å². The summed E-state index contributed by atoms with van der Waals surface area (Å²) < 4.78 is 12.5. The molecule has 5 aliphatic rings. The van der Waals surface area contributed by atoms with Gasteiger partial charge in [0.25, 0.3) is 0 Å². The number of fused-ring (bicyclic) bond motifs is 5. The van der Waals surface area contributed by atoms with Crippen LogP contribution in [-0.4, -0.2) is 52.1 Å². The second-order valence-corrected chi connectivity index (χ2v) is 15.6. The fourth-order valence-corrected chi connectivity index (χ4v) is 10.5. The molecule has 1 heterocycles. The Morgan fingerprint density at radius 1 is 1.08 bits per heavy atom. The van der Waals surface area contributed by atoms with Crippen molar-refractivity contribution in [3.8, 4) is 0 Å². The van der Waals surface area contributed by atoms with Crippen LogP contribution in [0.3, 0.4) is 0 Å². The molecule has 0 bridgehead atoms. The second-order valence-electron chi connectivity index (χ2n) is 15.6. The largest absolute Gasteiger partial charge is 0.394 e. The Hall–Kier alpha value is -0.460. The van der Waals surface area contributed by atoms with Crippen LogP contribution in [0.5, 0.6) is 0 Å². The molecule has 4 aliphatic carbocycles. The van der Waals surface area contributed by atoms with E-state index in [1.165, 1.54) is 44.9 Å². The Morgan fingerprint density at radius 2 is 1.82 bits per heavy atom. The lowest BCUT2D eigenvalue weighted by Gasteiger charge is -2.61. The van der Waals surface area contributed by atoms with Crippen LogP contribution < -0.4 is 0 Å². The molecule has 1 aliphatic heterocycles. The van der Waals surface area contributed by atoms with Crippen LogP contribution in [0.15, 0.2) is 11.6 Å². The maximum atomic E-state index is 10.3. The molecule has 0 aromatic rings. The van der Waals surface area contributed by atoms with Crippen LogP contribution in [0, 0.1) is 46.3 Å². The van der Waals surface area contributed by atoms with E-state index < -0.39 is 18.0 Å². The van der Waals surface area contributed by atoms with E-state index in [1.807, 2.05) is 13.8 Å². The lowest BCUT2D eigenvalue weighted by atomic mass is 9.44. The molecule has 0 amide bonds. The predicted octanol–water partition coefficient (Wildman–Crippen LogP) is 6.63. The third-order valence-electron chi connectivity index (χ3n) is 12.7. The van der Waals surface area contributed by atoms with Gasteiger partial charge in [-0.2, -0.15) is 0 Å². The lowest BCUT2D eigenvalue weighted by Crippen LogP contribution is -2.54. The van der Waals surface area contributed by atoms with E-state index in [9.17, 15) is 15.3 Å². The summed E-state index contributed by atoms with van der Waals surface area (Å²) >= 11 is 0. The molecule has 4 unspecified atom stereocenters. The number of aliphatic hydroxyl groups is 3. The van der Waals surface area contributed by atoms with Gasteiger partial charge < -0.3 is 24.8 Å². The van der Waals surface area contributed by atoms with Gasteiger partial charge in [0.15, 0.2) is 6.29 Å². The lowest BCUT2D eigenvalue weighted by molar-refractivity contribution is -0.247. The highest BCUT2D eigenvalue weighted by Crippen LogP contribution is 2.69. The van der Waals surface area contributed by atoms with Gasteiger partial charge in [0.1, 0.15) is 0 Å². The van der Waals surface area contributed by atoms with Gasteiger partial charge in [0.2, 0.25) is 0 Å². The number of aliphatic hydroxyl groups excluding tert-OH is 2. The number of allylic oxidation sites excluding steroid dienone is 1. The highest BCUT2D eigenvalue weighted by atomic mass is 16.7. The molecule has 5 rings (SSSR count). The van der Waals surface area contributed by atoms with Crippen molar-refractivity contribution in [1.82, 2.24) is 0 Å². The monoisotopic (exact) mass is 546 g/mol. The van der Waals surface area contributed by atoms with Crippen molar-refractivity contribution in [2.45, 2.75) is 149 Å². The molecule has 12 atom stereocenters. The summed E-state index contributed by atoms with van der Waals surface area (Å²) in [5.41, 5.74) is 1.91. The standard InChI is InChI=1S/C34H58O5/c1-21(8-7-15-32(3,4)37)26-11-12-29-28-10-9-25-22(2)30(39-31-19-23(36)18-24(20-35)38-31)14-13-27(25)34(28,6)17-16-33(26,29)5/h9,21-24,26-31,35-37H,7-8,10-20H2,1-6H3/t21-,22-,23+,24+,26?,27?,28?,29?,30+,31+,33-,34+/m1/s1. The Morgan fingerprint density at radius 3 is 2.54 bits per heavy atom. The van der Waals surface area contributed by atoms with Crippen LogP contribution >= 0.6 is 0 Å². The van der Waals surface area contributed by atoms with Gasteiger partial charge in [-0.1, -0.05) is 52.2 Å². The Bertz CT molecular complexity index is 879. The highest BCUT2D eigenvalue weighted by Gasteiger charge is 2.61. The molecule has 224 valence electrons. The normalized spacial score (nSPS) is 47.1. The summed E-state index contributed by atoms with van der Waals surface area (Å²) in [6, 6.07) is 0. The van der Waals surface area contributed by atoms with Crippen LogP contribution in [0.25, 0.3) is 0 Å². The van der Waals surface area contributed by atoms with Crippen LogP contribution in [0.2, 0.25) is 0 Å². The Kier molecular flexibility index (Phi) is 8.71. The molecule has 0 radical (unpaired) electrons. The summed E-state index contributed by atoms with van der Waals surface area (Å²) in [4.78, 5) is 0. The molecular weight excluding hydrogens is 488 g/mol.